The Kier molecular flexibility index (Phi) is 3.98. The molecular formula is C7H16N2S. The van der Waals surface area contributed by atoms with E-state index in [9.17, 15) is 0 Å². The molecule has 0 atom stereocenters. The van der Waals surface area contributed by atoms with E-state index in [4.69, 9.17) is 5.73 Å². The lowest BCUT2D eigenvalue weighted by Gasteiger charge is -2.16. The third-order valence-corrected chi connectivity index (χ3v) is 1.69. The standard InChI is InChI=1S/C7H16N2S/c1-6(7(2,3)10)9-5-4-8/h10H,4-5,8H2,1-3H3. The summed E-state index contributed by atoms with van der Waals surface area (Å²) in [6.45, 7) is 7.33. The maximum absolute atomic E-state index is 5.29. The third kappa shape index (κ3) is 3.90. The second kappa shape index (κ2) is 3.98. The van der Waals surface area contributed by atoms with Gasteiger partial charge in [-0.1, -0.05) is 0 Å². The van der Waals surface area contributed by atoms with Crippen molar-refractivity contribution in [2.24, 2.45) is 10.7 Å². The maximum Gasteiger partial charge on any atom is 0.0511 e. The number of nitrogens with two attached hydrogens (primary N) is 1. The largest absolute Gasteiger partial charge is 0.329 e. The number of hydrogen-bond donors (Lipinski definition) is 2. The summed E-state index contributed by atoms with van der Waals surface area (Å²) < 4.78 is -0.102. The molecule has 0 aromatic heterocycles. The van der Waals surface area contributed by atoms with Gasteiger partial charge < -0.3 is 5.73 Å². The quantitative estimate of drug-likeness (QED) is 0.471. The van der Waals surface area contributed by atoms with E-state index in [1.165, 1.54) is 0 Å². The fraction of sp³-hybridized carbons (Fsp3) is 0.857. The zero-order valence-electron chi connectivity index (χ0n) is 6.89. The van der Waals surface area contributed by atoms with Gasteiger partial charge in [-0.2, -0.15) is 12.6 Å². The molecule has 2 N–H and O–H groups in total. The molecule has 0 aromatic rings. The first-order valence-electron chi connectivity index (χ1n) is 3.42. The SMILES string of the molecule is CC(=NCCN)C(C)(C)S. The van der Waals surface area contributed by atoms with Gasteiger partial charge in [-0.05, 0) is 20.8 Å². The van der Waals surface area contributed by atoms with E-state index in [-0.39, 0.29) is 4.75 Å². The van der Waals surface area contributed by atoms with Gasteiger partial charge in [0.1, 0.15) is 0 Å². The van der Waals surface area contributed by atoms with E-state index in [0.717, 1.165) is 5.71 Å². The summed E-state index contributed by atoms with van der Waals surface area (Å²) in [5.74, 6) is 0. The molecule has 0 amide bonds. The maximum atomic E-state index is 5.29. The second-order valence-electron chi connectivity index (χ2n) is 2.81. The van der Waals surface area contributed by atoms with E-state index >= 15 is 0 Å². The molecule has 0 heterocycles. The lowest BCUT2D eigenvalue weighted by atomic mass is 10.1. The van der Waals surface area contributed by atoms with Crippen LogP contribution in [0.4, 0.5) is 0 Å². The predicted octanol–water partition coefficient (Wildman–Crippen LogP) is 1.11. The van der Waals surface area contributed by atoms with E-state index in [2.05, 4.69) is 17.6 Å². The zero-order chi connectivity index (χ0) is 8.20. The minimum Gasteiger partial charge on any atom is -0.329 e. The highest BCUT2D eigenvalue weighted by molar-refractivity contribution is 7.82. The zero-order valence-corrected chi connectivity index (χ0v) is 7.78. The summed E-state index contributed by atoms with van der Waals surface area (Å²) in [6, 6.07) is 0. The van der Waals surface area contributed by atoms with E-state index in [0.29, 0.717) is 13.1 Å². The molecule has 0 aromatic carbocycles. The first kappa shape index (κ1) is 9.98. The predicted molar refractivity (Wildman–Crippen MR) is 50.1 cm³/mol. The molecule has 60 valence electrons. The van der Waals surface area contributed by atoms with Crippen molar-refractivity contribution < 1.29 is 0 Å². The summed E-state index contributed by atoms with van der Waals surface area (Å²) in [6.07, 6.45) is 0. The molecule has 0 saturated carbocycles. The van der Waals surface area contributed by atoms with Crippen LogP contribution in [-0.4, -0.2) is 23.5 Å². The Morgan fingerprint density at radius 3 is 2.40 bits per heavy atom. The van der Waals surface area contributed by atoms with Crippen molar-refractivity contribution in [3.63, 3.8) is 0 Å². The van der Waals surface area contributed by atoms with E-state index < -0.39 is 0 Å². The molecule has 0 fully saturated rings. The van der Waals surface area contributed by atoms with Crippen molar-refractivity contribution >= 4 is 18.3 Å². The molecule has 3 heteroatoms. The molecule has 0 saturated heterocycles. The Labute approximate surface area is 68.3 Å². The minimum atomic E-state index is -0.102. The molecule has 0 bridgehead atoms. The highest BCUT2D eigenvalue weighted by atomic mass is 32.1. The van der Waals surface area contributed by atoms with Crippen molar-refractivity contribution in [2.75, 3.05) is 13.1 Å². The highest BCUT2D eigenvalue weighted by Gasteiger charge is 2.14. The summed E-state index contributed by atoms with van der Waals surface area (Å²) in [5, 5.41) is 0. The Morgan fingerprint density at radius 1 is 1.60 bits per heavy atom. The van der Waals surface area contributed by atoms with Crippen LogP contribution in [0.25, 0.3) is 0 Å². The Hall–Kier alpha value is -0.0200. The van der Waals surface area contributed by atoms with Crippen LogP contribution >= 0.6 is 12.6 Å². The van der Waals surface area contributed by atoms with Crippen molar-refractivity contribution in [3.05, 3.63) is 0 Å². The average molecular weight is 160 g/mol. The monoisotopic (exact) mass is 160 g/mol. The number of aliphatic imine (C=N–C) groups is 1. The molecule has 0 aliphatic rings. The van der Waals surface area contributed by atoms with Crippen LogP contribution in [0.15, 0.2) is 4.99 Å². The summed E-state index contributed by atoms with van der Waals surface area (Å²) in [7, 11) is 0. The smallest absolute Gasteiger partial charge is 0.0511 e. The van der Waals surface area contributed by atoms with E-state index in [1.54, 1.807) is 0 Å². The molecule has 0 radical (unpaired) electrons. The lowest BCUT2D eigenvalue weighted by molar-refractivity contribution is 0.909. The molecule has 10 heavy (non-hydrogen) atoms. The minimum absolute atomic E-state index is 0.102. The number of thiol groups is 1. The normalized spacial score (nSPS) is 13.9. The molecule has 0 spiro atoms. The molecular weight excluding hydrogens is 144 g/mol. The molecule has 0 aliphatic heterocycles. The van der Waals surface area contributed by atoms with Crippen molar-refractivity contribution in [1.29, 1.82) is 0 Å². The van der Waals surface area contributed by atoms with Crippen LogP contribution in [0, 0.1) is 0 Å². The topological polar surface area (TPSA) is 38.4 Å². The lowest BCUT2D eigenvalue weighted by Crippen LogP contribution is -2.22. The van der Waals surface area contributed by atoms with Gasteiger partial charge in [-0.15, -0.1) is 0 Å². The summed E-state index contributed by atoms with van der Waals surface area (Å²) in [5.41, 5.74) is 6.33. The van der Waals surface area contributed by atoms with Gasteiger partial charge in [0.15, 0.2) is 0 Å². The fourth-order valence-corrected chi connectivity index (χ4v) is 0.496. The van der Waals surface area contributed by atoms with Gasteiger partial charge in [-0.3, -0.25) is 4.99 Å². The average Bonchev–Trinajstić information content (AvgIpc) is 1.80. The Bertz CT molecular complexity index is 124. The van der Waals surface area contributed by atoms with Gasteiger partial charge in [-0.25, -0.2) is 0 Å². The van der Waals surface area contributed by atoms with Crippen molar-refractivity contribution in [1.82, 2.24) is 0 Å². The second-order valence-corrected chi connectivity index (χ2v) is 3.93. The van der Waals surface area contributed by atoms with Gasteiger partial charge in [0.05, 0.1) is 6.54 Å². The van der Waals surface area contributed by atoms with E-state index in [1.807, 2.05) is 20.8 Å². The van der Waals surface area contributed by atoms with Gasteiger partial charge in [0, 0.05) is 17.0 Å². The van der Waals surface area contributed by atoms with Gasteiger partial charge in [0.25, 0.3) is 0 Å². The van der Waals surface area contributed by atoms with Crippen molar-refractivity contribution in [3.8, 4) is 0 Å². The van der Waals surface area contributed by atoms with Crippen molar-refractivity contribution in [2.45, 2.75) is 25.5 Å². The first-order chi connectivity index (χ1) is 4.48. The van der Waals surface area contributed by atoms with Crippen LogP contribution < -0.4 is 5.73 Å². The summed E-state index contributed by atoms with van der Waals surface area (Å²) in [4.78, 5) is 4.23. The molecule has 0 aliphatic carbocycles. The third-order valence-electron chi connectivity index (χ3n) is 1.36. The highest BCUT2D eigenvalue weighted by Crippen LogP contribution is 2.13. The van der Waals surface area contributed by atoms with Crippen LogP contribution in [0.1, 0.15) is 20.8 Å². The number of nitrogens with zero attached hydrogens (tertiary/aromatic N) is 1. The fourth-order valence-electron chi connectivity index (χ4n) is 0.426. The van der Waals surface area contributed by atoms with Crippen LogP contribution in [0.2, 0.25) is 0 Å². The molecule has 2 nitrogen and oxygen atoms in total. The molecule has 0 unspecified atom stereocenters. The van der Waals surface area contributed by atoms with Gasteiger partial charge >= 0.3 is 0 Å². The van der Waals surface area contributed by atoms with Crippen LogP contribution in [0.3, 0.4) is 0 Å². The van der Waals surface area contributed by atoms with Crippen LogP contribution in [0.5, 0.6) is 0 Å². The first-order valence-corrected chi connectivity index (χ1v) is 3.87. The molecule has 0 rings (SSSR count). The Balaban J connectivity index is 3.93. The number of hydrogen-bond acceptors (Lipinski definition) is 3. The van der Waals surface area contributed by atoms with Gasteiger partial charge in [0.2, 0.25) is 0 Å². The number of rotatable bonds is 3. The summed E-state index contributed by atoms with van der Waals surface area (Å²) >= 11 is 4.35. The Morgan fingerprint density at radius 2 is 2.10 bits per heavy atom. The van der Waals surface area contributed by atoms with Crippen LogP contribution in [-0.2, 0) is 0 Å².